The number of hydrogen-bond donors (Lipinski definition) is 1. The van der Waals surface area contributed by atoms with Crippen LogP contribution in [0.5, 0.6) is 0 Å². The van der Waals surface area contributed by atoms with Crippen molar-refractivity contribution in [2.45, 2.75) is 9.10 Å². The molecule has 0 aliphatic carbocycles. The molecule has 1 N–H and O–H groups in total. The molecule has 0 unspecified atom stereocenters. The van der Waals surface area contributed by atoms with Gasteiger partial charge >= 0.3 is 0 Å². The van der Waals surface area contributed by atoms with E-state index < -0.39 is 31.3 Å². The summed E-state index contributed by atoms with van der Waals surface area (Å²) in [4.78, 5) is 36.4. The van der Waals surface area contributed by atoms with E-state index in [1.54, 1.807) is 0 Å². The zero-order valence-corrected chi connectivity index (χ0v) is 16.9. The van der Waals surface area contributed by atoms with Crippen molar-refractivity contribution in [3.8, 4) is 0 Å². The highest BCUT2D eigenvalue weighted by atomic mass is 35.5. The molecule has 0 atom stereocenters. The summed E-state index contributed by atoms with van der Waals surface area (Å²) in [6.45, 7) is 0. The molecule has 0 bridgehead atoms. The highest BCUT2D eigenvalue weighted by Gasteiger charge is 2.25. The normalized spacial score (nSPS) is 11.1. The third kappa shape index (κ3) is 4.27. The fourth-order valence-electron chi connectivity index (χ4n) is 2.32. The van der Waals surface area contributed by atoms with E-state index in [-0.39, 0.29) is 30.5 Å². The first kappa shape index (κ1) is 21.3. The molecular formula is C16H9ClN4O7S2. The van der Waals surface area contributed by atoms with Crippen molar-refractivity contribution in [3.05, 3.63) is 79.5 Å². The summed E-state index contributed by atoms with van der Waals surface area (Å²) >= 11 is 6.41. The van der Waals surface area contributed by atoms with Crippen LogP contribution < -0.4 is 5.32 Å². The predicted octanol–water partition coefficient (Wildman–Crippen LogP) is 3.70. The molecule has 0 aliphatic heterocycles. The van der Waals surface area contributed by atoms with Crippen LogP contribution in [0.4, 0.5) is 16.5 Å². The third-order valence-electron chi connectivity index (χ3n) is 3.73. The fourth-order valence-corrected chi connectivity index (χ4v) is 4.92. The predicted molar refractivity (Wildman–Crippen MR) is 107 cm³/mol. The summed E-state index contributed by atoms with van der Waals surface area (Å²) in [5, 5.41) is 24.1. The van der Waals surface area contributed by atoms with Crippen LogP contribution in [0.2, 0.25) is 5.02 Å². The molecule has 14 heteroatoms. The van der Waals surface area contributed by atoms with Gasteiger partial charge in [-0.05, 0) is 24.3 Å². The summed E-state index contributed by atoms with van der Waals surface area (Å²) in [5.41, 5.74) is -1.07. The SMILES string of the molecule is O=C(Nc1ncc(S(=O)(=O)c2ccc([N+](=O)[O-])cc2)s1)c1cc(Cl)ccc1[N+](=O)[O-]. The van der Waals surface area contributed by atoms with Crippen molar-refractivity contribution in [2.24, 2.45) is 0 Å². The number of carbonyl (C=O) groups is 1. The first-order chi connectivity index (χ1) is 14.1. The van der Waals surface area contributed by atoms with Gasteiger partial charge in [0.05, 0.1) is 20.9 Å². The van der Waals surface area contributed by atoms with E-state index in [1.807, 2.05) is 0 Å². The second kappa shape index (κ2) is 8.14. The second-order valence-corrected chi connectivity index (χ2v) is 9.26. The monoisotopic (exact) mass is 468 g/mol. The minimum Gasteiger partial charge on any atom is -0.298 e. The summed E-state index contributed by atoms with van der Waals surface area (Å²) in [5.74, 6) is -0.891. The molecule has 1 aromatic heterocycles. The molecule has 0 radical (unpaired) electrons. The Hall–Kier alpha value is -3.42. The smallest absolute Gasteiger partial charge is 0.282 e. The minimum atomic E-state index is -4.04. The molecule has 1 heterocycles. The van der Waals surface area contributed by atoms with Gasteiger partial charge in [0.2, 0.25) is 9.84 Å². The Morgan fingerprint density at radius 1 is 1.07 bits per heavy atom. The molecule has 3 rings (SSSR count). The summed E-state index contributed by atoms with van der Waals surface area (Å²) < 4.78 is 25.1. The van der Waals surface area contributed by atoms with Crippen LogP contribution in [0.25, 0.3) is 0 Å². The van der Waals surface area contributed by atoms with Gasteiger partial charge in [-0.25, -0.2) is 13.4 Å². The number of non-ortho nitro benzene ring substituents is 1. The molecule has 11 nitrogen and oxygen atoms in total. The molecule has 154 valence electrons. The first-order valence-corrected chi connectivity index (χ1v) is 10.5. The number of carbonyl (C=O) groups excluding carboxylic acids is 1. The number of halogens is 1. The zero-order chi connectivity index (χ0) is 22.1. The number of aromatic nitrogens is 1. The van der Waals surface area contributed by atoms with Gasteiger partial charge in [0.1, 0.15) is 9.77 Å². The van der Waals surface area contributed by atoms with Gasteiger partial charge in [0, 0.05) is 23.2 Å². The van der Waals surface area contributed by atoms with Gasteiger partial charge < -0.3 is 0 Å². The molecule has 3 aromatic rings. The Kier molecular flexibility index (Phi) is 5.78. The number of hydrogen-bond acceptors (Lipinski definition) is 9. The van der Waals surface area contributed by atoms with Crippen LogP contribution in [-0.2, 0) is 9.84 Å². The van der Waals surface area contributed by atoms with E-state index in [1.165, 1.54) is 6.07 Å². The van der Waals surface area contributed by atoms with Gasteiger partial charge in [-0.1, -0.05) is 22.9 Å². The Bertz CT molecular complexity index is 1270. The Labute approximate surface area is 177 Å². The molecule has 30 heavy (non-hydrogen) atoms. The average Bonchev–Trinajstić information content (AvgIpc) is 3.17. The van der Waals surface area contributed by atoms with Crippen molar-refractivity contribution < 1.29 is 23.1 Å². The van der Waals surface area contributed by atoms with E-state index >= 15 is 0 Å². The van der Waals surface area contributed by atoms with E-state index in [4.69, 9.17) is 11.6 Å². The maximum absolute atomic E-state index is 12.7. The number of benzene rings is 2. The lowest BCUT2D eigenvalue weighted by Gasteiger charge is -2.03. The quantitative estimate of drug-likeness (QED) is 0.422. The van der Waals surface area contributed by atoms with Crippen molar-refractivity contribution in [1.29, 1.82) is 0 Å². The standard InChI is InChI=1S/C16H9ClN4O7S2/c17-9-1-6-13(21(25)26)12(7-9)15(22)19-16-18-8-14(29-16)30(27,28)11-4-2-10(3-5-11)20(23)24/h1-8H,(H,18,19,22). The van der Waals surface area contributed by atoms with E-state index in [9.17, 15) is 33.4 Å². The molecule has 0 spiro atoms. The van der Waals surface area contributed by atoms with Crippen LogP contribution >= 0.6 is 22.9 Å². The average molecular weight is 469 g/mol. The lowest BCUT2D eigenvalue weighted by atomic mass is 10.1. The summed E-state index contributed by atoms with van der Waals surface area (Å²) in [6.07, 6.45) is 1.00. The van der Waals surface area contributed by atoms with Crippen molar-refractivity contribution in [2.75, 3.05) is 5.32 Å². The summed E-state index contributed by atoms with van der Waals surface area (Å²) in [7, 11) is -4.04. The second-order valence-electron chi connectivity index (χ2n) is 5.61. The number of thiazole rings is 1. The number of sulfone groups is 1. The van der Waals surface area contributed by atoms with Gasteiger partial charge in [-0.3, -0.25) is 30.3 Å². The molecular weight excluding hydrogens is 460 g/mol. The Morgan fingerprint density at radius 2 is 1.73 bits per heavy atom. The Balaban J connectivity index is 1.86. The number of rotatable bonds is 6. The maximum atomic E-state index is 12.7. The lowest BCUT2D eigenvalue weighted by Crippen LogP contribution is -2.13. The topological polar surface area (TPSA) is 162 Å². The van der Waals surface area contributed by atoms with Crippen LogP contribution in [-0.4, -0.2) is 29.2 Å². The fraction of sp³-hybridized carbons (Fsp3) is 0. The van der Waals surface area contributed by atoms with Crippen molar-refractivity contribution in [3.63, 3.8) is 0 Å². The van der Waals surface area contributed by atoms with Crippen LogP contribution in [0.1, 0.15) is 10.4 Å². The van der Waals surface area contributed by atoms with Crippen molar-refractivity contribution >= 4 is 55.2 Å². The molecule has 0 aliphatic rings. The molecule has 0 fully saturated rings. The van der Waals surface area contributed by atoms with Crippen LogP contribution in [0.15, 0.2) is 57.8 Å². The summed E-state index contributed by atoms with van der Waals surface area (Å²) in [6, 6.07) is 7.71. The molecule has 0 saturated carbocycles. The lowest BCUT2D eigenvalue weighted by molar-refractivity contribution is -0.385. The maximum Gasteiger partial charge on any atom is 0.282 e. The van der Waals surface area contributed by atoms with E-state index in [0.717, 1.165) is 42.6 Å². The number of nitro groups is 2. The molecule has 2 aromatic carbocycles. The van der Waals surface area contributed by atoms with Gasteiger partial charge in [0.25, 0.3) is 17.3 Å². The van der Waals surface area contributed by atoms with E-state index in [0.29, 0.717) is 11.3 Å². The number of amides is 1. The number of nitro benzene ring substituents is 2. The first-order valence-electron chi connectivity index (χ1n) is 7.80. The number of anilines is 1. The van der Waals surface area contributed by atoms with Gasteiger partial charge in [-0.2, -0.15) is 0 Å². The molecule has 1 amide bonds. The van der Waals surface area contributed by atoms with Gasteiger partial charge in [0.15, 0.2) is 5.13 Å². The third-order valence-corrected chi connectivity index (χ3v) is 7.11. The van der Waals surface area contributed by atoms with Gasteiger partial charge in [-0.15, -0.1) is 0 Å². The van der Waals surface area contributed by atoms with Crippen molar-refractivity contribution in [1.82, 2.24) is 4.98 Å². The minimum absolute atomic E-state index is 0.103. The molecule has 0 saturated heterocycles. The van der Waals surface area contributed by atoms with E-state index in [2.05, 4.69) is 10.3 Å². The largest absolute Gasteiger partial charge is 0.298 e. The highest BCUT2D eigenvalue weighted by Crippen LogP contribution is 2.30. The number of nitrogens with zero attached hydrogens (tertiary/aromatic N) is 3. The zero-order valence-electron chi connectivity index (χ0n) is 14.5. The Morgan fingerprint density at radius 3 is 2.33 bits per heavy atom. The number of nitrogens with one attached hydrogen (secondary N) is 1. The van der Waals surface area contributed by atoms with Crippen LogP contribution in [0, 0.1) is 20.2 Å². The highest BCUT2D eigenvalue weighted by molar-refractivity contribution is 7.93. The van der Waals surface area contributed by atoms with Crippen LogP contribution in [0.3, 0.4) is 0 Å².